The molecule has 0 fully saturated rings. The van der Waals surface area contributed by atoms with E-state index < -0.39 is 11.8 Å². The molecule has 0 amide bonds. The summed E-state index contributed by atoms with van der Waals surface area (Å²) in [5.74, 6) is -1.10. The number of aliphatic carboxylic acids is 1. The molecular weight excluding hydrogens is 213 g/mol. The molecule has 0 radical (unpaired) electrons. The molecule has 1 rings (SSSR count). The maximum absolute atomic E-state index is 13.2. The van der Waals surface area contributed by atoms with Crippen molar-refractivity contribution in [1.82, 2.24) is 5.32 Å². The maximum atomic E-state index is 13.2. The van der Waals surface area contributed by atoms with E-state index in [1.54, 1.807) is 12.1 Å². The molecule has 0 bridgehead atoms. The highest BCUT2D eigenvalue weighted by atomic mass is 19.1. The lowest BCUT2D eigenvalue weighted by Crippen LogP contribution is -2.24. The fourth-order valence-corrected chi connectivity index (χ4v) is 1.29. The van der Waals surface area contributed by atoms with Gasteiger partial charge in [-0.25, -0.2) is 4.39 Å². The van der Waals surface area contributed by atoms with E-state index >= 15 is 0 Å². The Morgan fingerprint density at radius 1 is 1.56 bits per heavy atom. The zero-order valence-electron chi connectivity index (χ0n) is 9.00. The van der Waals surface area contributed by atoms with Gasteiger partial charge < -0.3 is 15.2 Å². The lowest BCUT2D eigenvalue weighted by atomic mass is 10.1. The monoisotopic (exact) mass is 227 g/mol. The van der Waals surface area contributed by atoms with Crippen LogP contribution in [0.1, 0.15) is 5.56 Å². The Morgan fingerprint density at radius 2 is 2.31 bits per heavy atom. The van der Waals surface area contributed by atoms with E-state index in [4.69, 9.17) is 9.84 Å². The third-order valence-corrected chi connectivity index (χ3v) is 2.08. The number of carboxylic acids is 1. The summed E-state index contributed by atoms with van der Waals surface area (Å²) in [6.45, 7) is 0.413. The first kappa shape index (κ1) is 12.4. The summed E-state index contributed by atoms with van der Waals surface area (Å²) in [7, 11) is 1.41. The van der Waals surface area contributed by atoms with Crippen LogP contribution in [0.5, 0.6) is 5.75 Å². The van der Waals surface area contributed by atoms with Gasteiger partial charge in [-0.15, -0.1) is 0 Å². The van der Waals surface area contributed by atoms with E-state index in [0.29, 0.717) is 13.0 Å². The van der Waals surface area contributed by atoms with Gasteiger partial charge in [-0.2, -0.15) is 0 Å². The number of ether oxygens (including phenoxy) is 1. The first-order valence-electron chi connectivity index (χ1n) is 4.88. The van der Waals surface area contributed by atoms with Crippen molar-refractivity contribution < 1.29 is 19.0 Å². The van der Waals surface area contributed by atoms with Crippen molar-refractivity contribution in [3.63, 3.8) is 0 Å². The molecule has 0 aromatic heterocycles. The Kier molecular flexibility index (Phi) is 4.72. The predicted octanol–water partition coefficient (Wildman–Crippen LogP) is 1.05. The van der Waals surface area contributed by atoms with Gasteiger partial charge in [-0.05, 0) is 30.7 Å². The molecule has 0 saturated heterocycles. The third kappa shape index (κ3) is 3.86. The van der Waals surface area contributed by atoms with Crippen LogP contribution in [0.3, 0.4) is 0 Å². The summed E-state index contributed by atoms with van der Waals surface area (Å²) < 4.78 is 18.0. The second-order valence-electron chi connectivity index (χ2n) is 3.29. The lowest BCUT2D eigenvalue weighted by molar-refractivity contribution is -0.135. The van der Waals surface area contributed by atoms with Crippen molar-refractivity contribution in [2.75, 3.05) is 20.2 Å². The summed E-state index contributed by atoms with van der Waals surface area (Å²) in [5.41, 5.74) is 0.802. The Labute approximate surface area is 93.0 Å². The second kappa shape index (κ2) is 6.07. The minimum atomic E-state index is -0.902. The van der Waals surface area contributed by atoms with Crippen LogP contribution in [-0.4, -0.2) is 31.3 Å². The fourth-order valence-electron chi connectivity index (χ4n) is 1.29. The number of methoxy groups -OCH3 is 1. The fraction of sp³-hybridized carbons (Fsp3) is 0.364. The van der Waals surface area contributed by atoms with Gasteiger partial charge in [0.2, 0.25) is 0 Å². The van der Waals surface area contributed by atoms with Crippen LogP contribution < -0.4 is 10.1 Å². The molecule has 1 aromatic carbocycles. The summed E-state index contributed by atoms with van der Waals surface area (Å²) in [4.78, 5) is 10.2. The number of benzene rings is 1. The highest BCUT2D eigenvalue weighted by molar-refractivity contribution is 5.68. The van der Waals surface area contributed by atoms with Crippen LogP contribution in [0.25, 0.3) is 0 Å². The smallest absolute Gasteiger partial charge is 0.317 e. The molecule has 0 heterocycles. The molecule has 0 saturated carbocycles. The number of halogens is 1. The number of carboxylic acid groups (broad SMARTS) is 1. The molecule has 0 atom stereocenters. The number of hydrogen-bond acceptors (Lipinski definition) is 3. The molecule has 0 aliphatic heterocycles. The molecular formula is C11H14FNO3. The van der Waals surface area contributed by atoms with Crippen molar-refractivity contribution in [1.29, 1.82) is 0 Å². The van der Waals surface area contributed by atoms with Crippen LogP contribution in [-0.2, 0) is 11.2 Å². The van der Waals surface area contributed by atoms with Crippen LogP contribution in [0.4, 0.5) is 4.39 Å². The largest absolute Gasteiger partial charge is 0.494 e. The van der Waals surface area contributed by atoms with Crippen LogP contribution in [0.15, 0.2) is 18.2 Å². The standard InChI is InChI=1S/C11H14FNO3/c1-16-10-3-2-8(6-9(10)12)4-5-13-7-11(14)15/h2-3,6,13H,4-5,7H2,1H3,(H,14,15). The average molecular weight is 227 g/mol. The second-order valence-corrected chi connectivity index (χ2v) is 3.29. The first-order chi connectivity index (χ1) is 7.63. The summed E-state index contributed by atoms with van der Waals surface area (Å²) in [5, 5.41) is 11.1. The molecule has 88 valence electrons. The van der Waals surface area contributed by atoms with Crippen molar-refractivity contribution in [3.8, 4) is 5.75 Å². The van der Waals surface area contributed by atoms with Crippen molar-refractivity contribution in [2.45, 2.75) is 6.42 Å². The number of carbonyl (C=O) groups is 1. The van der Waals surface area contributed by atoms with Crippen molar-refractivity contribution >= 4 is 5.97 Å². The quantitative estimate of drug-likeness (QED) is 0.713. The highest BCUT2D eigenvalue weighted by Gasteiger charge is 2.03. The van der Waals surface area contributed by atoms with E-state index in [1.165, 1.54) is 13.2 Å². The normalized spacial score (nSPS) is 10.1. The average Bonchev–Trinajstić information content (AvgIpc) is 2.24. The molecule has 4 nitrogen and oxygen atoms in total. The van der Waals surface area contributed by atoms with Gasteiger partial charge in [0, 0.05) is 0 Å². The Hall–Kier alpha value is -1.62. The van der Waals surface area contributed by atoms with Crippen LogP contribution in [0.2, 0.25) is 0 Å². The maximum Gasteiger partial charge on any atom is 0.317 e. The van der Waals surface area contributed by atoms with Gasteiger partial charge in [0.1, 0.15) is 0 Å². The summed E-state index contributed by atoms with van der Waals surface area (Å²) >= 11 is 0. The minimum Gasteiger partial charge on any atom is -0.494 e. The van der Waals surface area contributed by atoms with Gasteiger partial charge in [0.05, 0.1) is 13.7 Å². The number of rotatable bonds is 6. The van der Waals surface area contributed by atoms with Crippen LogP contribution >= 0.6 is 0 Å². The van der Waals surface area contributed by atoms with Crippen molar-refractivity contribution in [2.24, 2.45) is 0 Å². The third-order valence-electron chi connectivity index (χ3n) is 2.08. The number of nitrogens with one attached hydrogen (secondary N) is 1. The molecule has 0 unspecified atom stereocenters. The predicted molar refractivity (Wildman–Crippen MR) is 57.2 cm³/mol. The van der Waals surface area contributed by atoms with E-state index in [1.807, 2.05) is 0 Å². The molecule has 16 heavy (non-hydrogen) atoms. The summed E-state index contributed by atoms with van der Waals surface area (Å²) in [6, 6.07) is 4.70. The molecule has 0 spiro atoms. The Morgan fingerprint density at radius 3 is 2.88 bits per heavy atom. The van der Waals surface area contributed by atoms with Gasteiger partial charge in [-0.1, -0.05) is 6.07 Å². The van der Waals surface area contributed by atoms with E-state index in [0.717, 1.165) is 5.56 Å². The Bertz CT molecular complexity index is 368. The number of hydrogen-bond donors (Lipinski definition) is 2. The van der Waals surface area contributed by atoms with E-state index in [2.05, 4.69) is 5.32 Å². The molecule has 0 aliphatic rings. The van der Waals surface area contributed by atoms with Gasteiger partial charge >= 0.3 is 5.97 Å². The van der Waals surface area contributed by atoms with Gasteiger partial charge in [-0.3, -0.25) is 4.79 Å². The van der Waals surface area contributed by atoms with Gasteiger partial charge in [0.15, 0.2) is 11.6 Å². The summed E-state index contributed by atoms with van der Waals surface area (Å²) in [6.07, 6.45) is 0.578. The SMILES string of the molecule is COc1ccc(CCNCC(=O)O)cc1F. The molecule has 2 N–H and O–H groups in total. The lowest BCUT2D eigenvalue weighted by Gasteiger charge is -2.05. The molecule has 0 aliphatic carbocycles. The van der Waals surface area contributed by atoms with Crippen LogP contribution in [0, 0.1) is 5.82 Å². The molecule has 1 aromatic rings. The molecule has 5 heteroatoms. The zero-order valence-corrected chi connectivity index (χ0v) is 9.00. The zero-order chi connectivity index (χ0) is 12.0. The Balaban J connectivity index is 2.43. The first-order valence-corrected chi connectivity index (χ1v) is 4.88. The van der Waals surface area contributed by atoms with E-state index in [-0.39, 0.29) is 12.3 Å². The highest BCUT2D eigenvalue weighted by Crippen LogP contribution is 2.17. The van der Waals surface area contributed by atoms with Crippen molar-refractivity contribution in [3.05, 3.63) is 29.6 Å². The van der Waals surface area contributed by atoms with Gasteiger partial charge in [0.25, 0.3) is 0 Å². The minimum absolute atomic E-state index is 0.0847. The van der Waals surface area contributed by atoms with E-state index in [9.17, 15) is 9.18 Å². The topological polar surface area (TPSA) is 58.6 Å².